The van der Waals surface area contributed by atoms with E-state index in [0.29, 0.717) is 5.56 Å². The fraction of sp³-hybridized carbons (Fsp3) is 0.167. The molecule has 5 heteroatoms. The molecule has 0 unspecified atom stereocenters. The van der Waals surface area contributed by atoms with Gasteiger partial charge in [-0.05, 0) is 28.1 Å². The maximum absolute atomic E-state index is 9.04. The normalized spacial score (nSPS) is 9.88. The highest BCUT2D eigenvalue weighted by atomic mass is 79.9. The maximum atomic E-state index is 9.04. The van der Waals surface area contributed by atoms with Crippen molar-refractivity contribution in [3.63, 3.8) is 0 Å². The van der Waals surface area contributed by atoms with Gasteiger partial charge in [-0.3, -0.25) is 0 Å². The van der Waals surface area contributed by atoms with Crippen LogP contribution in [-0.2, 0) is 6.42 Å². The van der Waals surface area contributed by atoms with Crippen molar-refractivity contribution in [3.8, 4) is 6.07 Å². The molecule has 17 heavy (non-hydrogen) atoms. The van der Waals surface area contributed by atoms with Crippen molar-refractivity contribution in [1.29, 1.82) is 5.26 Å². The number of benzene rings is 1. The Balaban J connectivity index is 2.00. The Labute approximate surface area is 108 Å². The monoisotopic (exact) mass is 290 g/mol. The number of halogens is 1. The van der Waals surface area contributed by atoms with E-state index in [9.17, 15) is 0 Å². The number of H-pyrrole nitrogens is 1. The van der Waals surface area contributed by atoms with E-state index in [0.717, 1.165) is 29.0 Å². The molecule has 2 N–H and O–H groups in total. The number of hydrogen-bond acceptors (Lipinski definition) is 3. The lowest BCUT2D eigenvalue weighted by Gasteiger charge is -2.08. The number of aromatic nitrogens is 2. The van der Waals surface area contributed by atoms with Crippen LogP contribution in [0.1, 0.15) is 11.4 Å². The first kappa shape index (κ1) is 11.7. The average molecular weight is 291 g/mol. The van der Waals surface area contributed by atoms with Gasteiger partial charge in [0.15, 0.2) is 0 Å². The lowest BCUT2D eigenvalue weighted by Crippen LogP contribution is -2.07. The molecule has 1 heterocycles. The summed E-state index contributed by atoms with van der Waals surface area (Å²) >= 11 is 3.36. The van der Waals surface area contributed by atoms with Gasteiger partial charge in [-0.15, -0.1) is 0 Å². The molecule has 0 aliphatic heterocycles. The molecule has 2 aromatic rings. The Morgan fingerprint density at radius 2 is 2.35 bits per heavy atom. The highest BCUT2D eigenvalue weighted by Gasteiger charge is 2.05. The van der Waals surface area contributed by atoms with E-state index < -0.39 is 0 Å². The Bertz CT molecular complexity index is 528. The van der Waals surface area contributed by atoms with Crippen molar-refractivity contribution in [2.75, 3.05) is 11.9 Å². The number of aromatic amines is 1. The minimum atomic E-state index is 0.631. The van der Waals surface area contributed by atoms with Gasteiger partial charge in [0, 0.05) is 29.8 Å². The quantitative estimate of drug-likeness (QED) is 0.910. The molecule has 0 aliphatic carbocycles. The predicted molar refractivity (Wildman–Crippen MR) is 69.6 cm³/mol. The SMILES string of the molecule is N#Cc1c(Br)cccc1NCCc1ncc[nH]1. The highest BCUT2D eigenvalue weighted by molar-refractivity contribution is 9.10. The standard InChI is InChI=1S/C12H11BrN4/c13-10-2-1-3-11(9(10)8-14)15-5-4-12-16-6-7-17-12/h1-3,6-7,15H,4-5H2,(H,16,17). The Morgan fingerprint density at radius 3 is 3.06 bits per heavy atom. The van der Waals surface area contributed by atoms with Crippen LogP contribution in [0.5, 0.6) is 0 Å². The summed E-state index contributed by atoms with van der Waals surface area (Å²) < 4.78 is 0.808. The maximum Gasteiger partial charge on any atom is 0.107 e. The molecule has 0 bridgehead atoms. The van der Waals surface area contributed by atoms with Crippen molar-refractivity contribution in [3.05, 3.63) is 46.5 Å². The van der Waals surface area contributed by atoms with Gasteiger partial charge in [0.2, 0.25) is 0 Å². The molecule has 0 aliphatic rings. The minimum absolute atomic E-state index is 0.631. The van der Waals surface area contributed by atoms with E-state index in [-0.39, 0.29) is 0 Å². The first-order valence-electron chi connectivity index (χ1n) is 5.22. The van der Waals surface area contributed by atoms with Crippen LogP contribution >= 0.6 is 15.9 Å². The molecule has 1 aromatic heterocycles. The summed E-state index contributed by atoms with van der Waals surface area (Å²) in [5.41, 5.74) is 1.47. The summed E-state index contributed by atoms with van der Waals surface area (Å²) in [6.45, 7) is 0.735. The van der Waals surface area contributed by atoms with Gasteiger partial charge in [0.05, 0.1) is 11.3 Å². The zero-order valence-corrected chi connectivity index (χ0v) is 10.7. The molecule has 0 atom stereocenters. The fourth-order valence-corrected chi connectivity index (χ4v) is 1.99. The average Bonchev–Trinajstić information content (AvgIpc) is 2.82. The Morgan fingerprint density at radius 1 is 1.47 bits per heavy atom. The Hall–Kier alpha value is -1.80. The minimum Gasteiger partial charge on any atom is -0.383 e. The Kier molecular flexibility index (Phi) is 3.78. The fourth-order valence-electron chi connectivity index (χ4n) is 1.54. The van der Waals surface area contributed by atoms with Crippen LogP contribution in [0.2, 0.25) is 0 Å². The van der Waals surface area contributed by atoms with Gasteiger partial charge < -0.3 is 10.3 Å². The number of nitrogens with zero attached hydrogens (tertiary/aromatic N) is 2. The molecule has 86 valence electrons. The molecule has 0 saturated carbocycles. The third kappa shape index (κ3) is 2.86. The van der Waals surface area contributed by atoms with Crippen molar-refractivity contribution >= 4 is 21.6 Å². The second-order valence-electron chi connectivity index (χ2n) is 3.49. The van der Waals surface area contributed by atoms with Crippen LogP contribution in [0.4, 0.5) is 5.69 Å². The molecular weight excluding hydrogens is 280 g/mol. The summed E-state index contributed by atoms with van der Waals surface area (Å²) in [5.74, 6) is 0.936. The van der Waals surface area contributed by atoms with E-state index >= 15 is 0 Å². The number of hydrogen-bond donors (Lipinski definition) is 2. The number of imidazole rings is 1. The molecule has 0 spiro atoms. The molecular formula is C12H11BrN4. The smallest absolute Gasteiger partial charge is 0.107 e. The first-order valence-corrected chi connectivity index (χ1v) is 6.01. The molecule has 0 amide bonds. The summed E-state index contributed by atoms with van der Waals surface area (Å²) in [7, 11) is 0. The van der Waals surface area contributed by atoms with Crippen LogP contribution in [0.15, 0.2) is 35.1 Å². The highest BCUT2D eigenvalue weighted by Crippen LogP contribution is 2.23. The molecule has 0 saturated heterocycles. The number of nitrogens with one attached hydrogen (secondary N) is 2. The lowest BCUT2D eigenvalue weighted by molar-refractivity contribution is 0.927. The van der Waals surface area contributed by atoms with Gasteiger partial charge in [0.25, 0.3) is 0 Å². The van der Waals surface area contributed by atoms with Crippen molar-refractivity contribution in [2.45, 2.75) is 6.42 Å². The zero-order chi connectivity index (χ0) is 12.1. The van der Waals surface area contributed by atoms with Gasteiger partial charge in [-0.2, -0.15) is 5.26 Å². The largest absolute Gasteiger partial charge is 0.383 e. The second kappa shape index (κ2) is 5.51. The third-order valence-electron chi connectivity index (χ3n) is 2.36. The van der Waals surface area contributed by atoms with E-state index in [1.165, 1.54) is 0 Å². The van der Waals surface area contributed by atoms with Gasteiger partial charge in [0.1, 0.15) is 11.9 Å². The first-order chi connectivity index (χ1) is 8.31. The van der Waals surface area contributed by atoms with Crippen LogP contribution in [0, 0.1) is 11.3 Å². The summed E-state index contributed by atoms with van der Waals surface area (Å²) in [6.07, 6.45) is 4.33. The number of rotatable bonds is 4. The van der Waals surface area contributed by atoms with Crippen molar-refractivity contribution in [2.24, 2.45) is 0 Å². The van der Waals surface area contributed by atoms with Crippen LogP contribution in [-0.4, -0.2) is 16.5 Å². The molecule has 0 radical (unpaired) electrons. The number of anilines is 1. The van der Waals surface area contributed by atoms with Gasteiger partial charge >= 0.3 is 0 Å². The van der Waals surface area contributed by atoms with E-state index in [2.05, 4.69) is 37.3 Å². The van der Waals surface area contributed by atoms with Gasteiger partial charge in [-0.25, -0.2) is 4.98 Å². The lowest BCUT2D eigenvalue weighted by atomic mass is 10.2. The van der Waals surface area contributed by atoms with Crippen molar-refractivity contribution < 1.29 is 0 Å². The van der Waals surface area contributed by atoms with Crippen LogP contribution < -0.4 is 5.32 Å². The molecule has 0 fully saturated rings. The second-order valence-corrected chi connectivity index (χ2v) is 4.34. The predicted octanol–water partition coefficient (Wildman–Crippen LogP) is 2.70. The van der Waals surface area contributed by atoms with Crippen LogP contribution in [0.25, 0.3) is 0 Å². The molecule has 2 rings (SSSR count). The molecule has 4 nitrogen and oxygen atoms in total. The van der Waals surface area contributed by atoms with Gasteiger partial charge in [-0.1, -0.05) is 6.07 Å². The van der Waals surface area contributed by atoms with Crippen molar-refractivity contribution in [1.82, 2.24) is 9.97 Å². The molecule has 1 aromatic carbocycles. The van der Waals surface area contributed by atoms with E-state index in [1.807, 2.05) is 18.2 Å². The van der Waals surface area contributed by atoms with E-state index in [4.69, 9.17) is 5.26 Å². The zero-order valence-electron chi connectivity index (χ0n) is 9.07. The summed E-state index contributed by atoms with van der Waals surface area (Å²) in [5, 5.41) is 12.3. The topological polar surface area (TPSA) is 64.5 Å². The summed E-state index contributed by atoms with van der Waals surface area (Å²) in [6, 6.07) is 7.83. The van der Waals surface area contributed by atoms with E-state index in [1.54, 1.807) is 12.4 Å². The number of nitriles is 1. The summed E-state index contributed by atoms with van der Waals surface area (Å²) in [4.78, 5) is 7.18. The van der Waals surface area contributed by atoms with Crippen LogP contribution in [0.3, 0.4) is 0 Å². The third-order valence-corrected chi connectivity index (χ3v) is 3.02.